The molecule has 0 saturated heterocycles. The highest BCUT2D eigenvalue weighted by Gasteiger charge is 2.12. The van der Waals surface area contributed by atoms with Gasteiger partial charge < -0.3 is 4.74 Å². The molecule has 4 heteroatoms. The van der Waals surface area contributed by atoms with Crippen molar-refractivity contribution in [1.82, 2.24) is 4.98 Å². The maximum Gasteiger partial charge on any atom is 0.340 e. The minimum absolute atomic E-state index is 0.387. The number of rotatable bonds is 1. The van der Waals surface area contributed by atoms with Gasteiger partial charge in [-0.05, 0) is 29.7 Å². The Morgan fingerprint density at radius 1 is 1.22 bits per heavy atom. The van der Waals surface area contributed by atoms with E-state index >= 15 is 0 Å². The Kier molecular flexibility index (Phi) is 3.99. The Bertz CT molecular complexity index is 548. The second-order valence-electron chi connectivity index (χ2n) is 3.81. The average molecular weight is 259 g/mol. The van der Waals surface area contributed by atoms with E-state index in [1.165, 1.54) is 24.7 Å². The Hall–Kier alpha value is -1.81. The van der Waals surface area contributed by atoms with E-state index in [4.69, 9.17) is 0 Å². The number of carbonyl (C=O) groups excluding carboxylic acids is 1. The van der Waals surface area contributed by atoms with Gasteiger partial charge in [-0.25, -0.2) is 9.78 Å². The summed E-state index contributed by atoms with van der Waals surface area (Å²) in [6.45, 7) is 0. The lowest BCUT2D eigenvalue weighted by atomic mass is 10.3. The number of aromatic nitrogens is 1. The number of benzene rings is 1. The van der Waals surface area contributed by atoms with Gasteiger partial charge in [0, 0.05) is 6.20 Å². The number of hydrogen-bond donors (Lipinski definition) is 1. The summed E-state index contributed by atoms with van der Waals surface area (Å²) in [6.07, 6.45) is 2.81. The van der Waals surface area contributed by atoms with E-state index in [-0.39, 0.29) is 0 Å². The second kappa shape index (κ2) is 5.69. The van der Waals surface area contributed by atoms with E-state index in [0.29, 0.717) is 10.6 Å². The number of esters is 1. The lowest BCUT2D eigenvalue weighted by Crippen LogP contribution is -2.02. The number of thiol groups is 1. The van der Waals surface area contributed by atoms with Crippen LogP contribution in [0.3, 0.4) is 0 Å². The molecule has 2 aromatic rings. The average Bonchev–Trinajstić information content (AvgIpc) is 3.18. The molecule has 0 aliphatic heterocycles. The highest BCUT2D eigenvalue weighted by molar-refractivity contribution is 7.80. The molecule has 1 aromatic heterocycles. The van der Waals surface area contributed by atoms with Crippen molar-refractivity contribution in [1.29, 1.82) is 0 Å². The van der Waals surface area contributed by atoms with Crippen molar-refractivity contribution in [3.63, 3.8) is 0 Å². The maximum absolute atomic E-state index is 10.9. The zero-order valence-electron chi connectivity index (χ0n) is 9.96. The number of methoxy groups -OCH3 is 1. The van der Waals surface area contributed by atoms with Crippen LogP contribution in [0.4, 0.5) is 0 Å². The van der Waals surface area contributed by atoms with E-state index in [9.17, 15) is 4.79 Å². The first kappa shape index (κ1) is 12.6. The van der Waals surface area contributed by atoms with Crippen LogP contribution in [0.2, 0.25) is 0 Å². The van der Waals surface area contributed by atoms with Crippen molar-refractivity contribution >= 4 is 18.6 Å². The minimum Gasteiger partial charge on any atom is -0.465 e. The quantitative estimate of drug-likeness (QED) is 0.539. The summed E-state index contributed by atoms with van der Waals surface area (Å²) in [5.74, 6) is -0.414. The first-order valence-corrected chi connectivity index (χ1v) is 5.96. The first-order valence-electron chi connectivity index (χ1n) is 5.51. The van der Waals surface area contributed by atoms with Crippen molar-refractivity contribution in [2.75, 3.05) is 7.11 Å². The largest absolute Gasteiger partial charge is 0.465 e. The summed E-state index contributed by atoms with van der Waals surface area (Å²) in [7, 11) is 1.32. The van der Waals surface area contributed by atoms with E-state index in [2.05, 4.69) is 46.6 Å². The molecule has 0 spiro atoms. The fraction of sp³-hybridized carbons (Fsp3) is 0.143. The van der Waals surface area contributed by atoms with Crippen molar-refractivity contribution in [3.8, 4) is 0 Å². The minimum atomic E-state index is -0.414. The second-order valence-corrected chi connectivity index (χ2v) is 4.24. The summed E-state index contributed by atoms with van der Waals surface area (Å²) >= 11 is 3.98. The summed E-state index contributed by atoms with van der Waals surface area (Å²) < 4.78 is 4.49. The van der Waals surface area contributed by atoms with E-state index in [1.807, 2.05) is 0 Å². The van der Waals surface area contributed by atoms with Gasteiger partial charge in [-0.2, -0.15) is 0 Å². The lowest BCUT2D eigenvalue weighted by molar-refractivity contribution is 0.0596. The van der Waals surface area contributed by atoms with Crippen LogP contribution in [0, 0.1) is 0 Å². The van der Waals surface area contributed by atoms with E-state index < -0.39 is 5.97 Å². The number of nitrogens with zero attached hydrogens (tertiary/aromatic N) is 1. The van der Waals surface area contributed by atoms with Gasteiger partial charge in [-0.15, -0.1) is 12.6 Å². The molecule has 18 heavy (non-hydrogen) atoms. The molecule has 1 aliphatic carbocycles. The third kappa shape index (κ3) is 3.11. The maximum atomic E-state index is 10.9. The number of ether oxygens (including phenoxy) is 1. The molecule has 1 heterocycles. The van der Waals surface area contributed by atoms with Crippen LogP contribution in [0.1, 0.15) is 21.5 Å². The highest BCUT2D eigenvalue weighted by atomic mass is 32.1. The zero-order valence-corrected chi connectivity index (χ0v) is 10.9. The van der Waals surface area contributed by atoms with Gasteiger partial charge in [-0.1, -0.05) is 24.3 Å². The molecule has 0 unspecified atom stereocenters. The molecule has 0 bridgehead atoms. The molecule has 0 radical (unpaired) electrons. The standard InChI is InChI=1S/C7H7NO2S.C7H6/c1-10-7(9)5-3-2-4-8-6(5)11;1-2-4-7-5-6(7)3-1/h2-4H,1H3,(H,8,11);1-4H,5H2. The fourth-order valence-electron chi connectivity index (χ4n) is 1.50. The van der Waals surface area contributed by atoms with Crippen molar-refractivity contribution < 1.29 is 9.53 Å². The molecule has 92 valence electrons. The van der Waals surface area contributed by atoms with Crippen molar-refractivity contribution in [2.45, 2.75) is 11.4 Å². The van der Waals surface area contributed by atoms with Gasteiger partial charge in [0.1, 0.15) is 5.03 Å². The molecule has 0 saturated carbocycles. The third-order valence-corrected chi connectivity index (χ3v) is 2.92. The number of hydrogen-bond acceptors (Lipinski definition) is 4. The topological polar surface area (TPSA) is 39.2 Å². The molecule has 3 rings (SSSR count). The predicted molar refractivity (Wildman–Crippen MR) is 72.1 cm³/mol. The number of carbonyl (C=O) groups is 1. The third-order valence-electron chi connectivity index (χ3n) is 2.57. The van der Waals surface area contributed by atoms with Crippen molar-refractivity contribution in [2.24, 2.45) is 0 Å². The van der Waals surface area contributed by atoms with Gasteiger partial charge >= 0.3 is 5.97 Å². The Labute approximate surface area is 111 Å². The molecule has 0 atom stereocenters. The van der Waals surface area contributed by atoms with Crippen LogP contribution < -0.4 is 0 Å². The number of pyridine rings is 1. The SMILES string of the molecule is COC(=O)c1cccnc1S.c1ccc2c(c1)C2. The smallest absolute Gasteiger partial charge is 0.340 e. The van der Waals surface area contributed by atoms with Crippen LogP contribution >= 0.6 is 12.6 Å². The van der Waals surface area contributed by atoms with Gasteiger partial charge in [0.15, 0.2) is 0 Å². The predicted octanol–water partition coefficient (Wildman–Crippen LogP) is 2.75. The van der Waals surface area contributed by atoms with E-state index in [0.717, 1.165) is 0 Å². The van der Waals surface area contributed by atoms with Gasteiger partial charge in [-0.3, -0.25) is 0 Å². The summed E-state index contributed by atoms with van der Waals surface area (Å²) in [5.41, 5.74) is 3.45. The van der Waals surface area contributed by atoms with Gasteiger partial charge in [0.25, 0.3) is 0 Å². The summed E-state index contributed by atoms with van der Waals surface area (Å²) in [5, 5.41) is 0.388. The van der Waals surface area contributed by atoms with E-state index in [1.54, 1.807) is 18.3 Å². The van der Waals surface area contributed by atoms with Gasteiger partial charge in [0.2, 0.25) is 0 Å². The Morgan fingerprint density at radius 2 is 1.89 bits per heavy atom. The number of fused-ring (bicyclic) bond motifs is 1. The molecular formula is C14H13NO2S. The molecule has 1 aromatic carbocycles. The molecular weight excluding hydrogens is 246 g/mol. The Morgan fingerprint density at radius 3 is 2.39 bits per heavy atom. The Balaban J connectivity index is 0.000000146. The highest BCUT2D eigenvalue weighted by Crippen LogP contribution is 2.25. The molecule has 1 aliphatic rings. The summed E-state index contributed by atoms with van der Waals surface area (Å²) in [4.78, 5) is 14.7. The van der Waals surface area contributed by atoms with Gasteiger partial charge in [0.05, 0.1) is 12.7 Å². The van der Waals surface area contributed by atoms with Crippen LogP contribution in [-0.2, 0) is 11.2 Å². The van der Waals surface area contributed by atoms with Crippen LogP contribution in [0.5, 0.6) is 0 Å². The van der Waals surface area contributed by atoms with Crippen LogP contribution in [-0.4, -0.2) is 18.1 Å². The molecule has 3 nitrogen and oxygen atoms in total. The first-order chi connectivity index (χ1) is 8.72. The molecule has 0 N–H and O–H groups in total. The van der Waals surface area contributed by atoms with Crippen LogP contribution in [0.25, 0.3) is 0 Å². The zero-order chi connectivity index (χ0) is 13.0. The molecule has 0 fully saturated rings. The normalized spacial score (nSPS) is 10.8. The van der Waals surface area contributed by atoms with Crippen molar-refractivity contribution in [3.05, 3.63) is 59.3 Å². The summed E-state index contributed by atoms with van der Waals surface area (Å²) in [6, 6.07) is 11.8. The monoisotopic (exact) mass is 259 g/mol. The lowest BCUT2D eigenvalue weighted by Gasteiger charge is -1.99. The molecule has 0 amide bonds. The fourth-order valence-corrected chi connectivity index (χ4v) is 1.74. The van der Waals surface area contributed by atoms with Crippen LogP contribution in [0.15, 0.2) is 47.6 Å².